The van der Waals surface area contributed by atoms with Crippen molar-refractivity contribution in [2.45, 2.75) is 31.4 Å². The number of hydrogen-bond acceptors (Lipinski definition) is 5. The summed E-state index contributed by atoms with van der Waals surface area (Å²) < 4.78 is 22.6. The molecule has 0 radical (unpaired) electrons. The first-order chi connectivity index (χ1) is 18.6. The van der Waals surface area contributed by atoms with Crippen molar-refractivity contribution < 1.29 is 23.7 Å². The summed E-state index contributed by atoms with van der Waals surface area (Å²) in [6.07, 6.45) is 2.53. The highest BCUT2D eigenvalue weighted by Crippen LogP contribution is 2.40. The van der Waals surface area contributed by atoms with Gasteiger partial charge < -0.3 is 23.9 Å². The van der Waals surface area contributed by atoms with Crippen LogP contribution in [0, 0.1) is 0 Å². The topological polar surface area (TPSA) is 73.0 Å². The Hall–Kier alpha value is -3.68. The number of ether oxygens (including phenoxy) is 4. The van der Waals surface area contributed by atoms with E-state index in [1.54, 1.807) is 36.3 Å². The molecule has 1 amide bonds. The highest BCUT2D eigenvalue weighted by atomic mass is 35.5. The maximum absolute atomic E-state index is 13.5. The van der Waals surface area contributed by atoms with Crippen LogP contribution in [0.15, 0.2) is 66.7 Å². The predicted molar refractivity (Wildman–Crippen MR) is 145 cm³/mol. The lowest BCUT2D eigenvalue weighted by Crippen LogP contribution is -2.42. The lowest BCUT2D eigenvalue weighted by atomic mass is 9.92. The predicted octanol–water partition coefficient (Wildman–Crippen LogP) is 6.53. The number of benzene rings is 3. The Kier molecular flexibility index (Phi) is 6.87. The minimum absolute atomic E-state index is 0.150. The molecule has 1 fully saturated rings. The zero-order valence-electron chi connectivity index (χ0n) is 21.1. The second kappa shape index (κ2) is 10.6. The van der Waals surface area contributed by atoms with Crippen LogP contribution in [0.5, 0.6) is 17.2 Å². The molecule has 1 N–H and O–H groups in total. The van der Waals surface area contributed by atoms with Gasteiger partial charge in [0.15, 0.2) is 0 Å². The average Bonchev–Trinajstić information content (AvgIpc) is 3.60. The van der Waals surface area contributed by atoms with Gasteiger partial charge in [0.2, 0.25) is 0 Å². The Morgan fingerprint density at radius 3 is 2.55 bits per heavy atom. The van der Waals surface area contributed by atoms with Gasteiger partial charge in [0.25, 0.3) is 0 Å². The normalized spacial score (nSPS) is 18.8. The third-order valence-corrected chi connectivity index (χ3v) is 7.48. The molecular weight excluding hydrogens is 504 g/mol. The van der Waals surface area contributed by atoms with Gasteiger partial charge in [-0.05, 0) is 85.0 Å². The Bertz CT molecular complexity index is 1430. The van der Waals surface area contributed by atoms with E-state index in [0.717, 1.165) is 47.4 Å². The van der Waals surface area contributed by atoms with Gasteiger partial charge in [-0.15, -0.1) is 0 Å². The van der Waals surface area contributed by atoms with Crippen LogP contribution >= 0.6 is 11.6 Å². The van der Waals surface area contributed by atoms with E-state index in [2.05, 4.69) is 4.98 Å². The third-order valence-electron chi connectivity index (χ3n) is 7.24. The first kappa shape index (κ1) is 24.6. The zero-order valence-corrected chi connectivity index (χ0v) is 21.9. The van der Waals surface area contributed by atoms with Crippen molar-refractivity contribution in [1.82, 2.24) is 9.88 Å². The molecule has 2 atom stereocenters. The minimum Gasteiger partial charge on any atom is -0.497 e. The van der Waals surface area contributed by atoms with Crippen molar-refractivity contribution in [3.05, 3.63) is 88.6 Å². The van der Waals surface area contributed by atoms with E-state index in [0.29, 0.717) is 36.1 Å². The summed E-state index contributed by atoms with van der Waals surface area (Å²) in [7, 11) is 1.60. The molecule has 0 bridgehead atoms. The Balaban J connectivity index is 1.31. The molecule has 2 unspecified atom stereocenters. The first-order valence-corrected chi connectivity index (χ1v) is 13.2. The second-order valence-electron chi connectivity index (χ2n) is 9.61. The number of halogens is 1. The largest absolute Gasteiger partial charge is 0.497 e. The van der Waals surface area contributed by atoms with E-state index in [1.807, 2.05) is 42.5 Å². The van der Waals surface area contributed by atoms with Crippen LogP contribution in [0.25, 0.3) is 10.9 Å². The number of aromatic amines is 1. The molecule has 1 aromatic heterocycles. The van der Waals surface area contributed by atoms with Gasteiger partial charge in [-0.1, -0.05) is 23.7 Å². The van der Waals surface area contributed by atoms with Gasteiger partial charge >= 0.3 is 6.09 Å². The number of rotatable bonds is 6. The van der Waals surface area contributed by atoms with Crippen LogP contribution in [0.1, 0.15) is 35.7 Å². The first-order valence-electron chi connectivity index (χ1n) is 12.9. The molecule has 2 aliphatic heterocycles. The smallest absolute Gasteiger partial charge is 0.416 e. The maximum atomic E-state index is 13.5. The molecule has 1 saturated heterocycles. The monoisotopic (exact) mass is 532 g/mol. The summed E-state index contributed by atoms with van der Waals surface area (Å²) >= 11 is 6.33. The van der Waals surface area contributed by atoms with E-state index >= 15 is 0 Å². The maximum Gasteiger partial charge on any atom is 0.416 e. The Morgan fingerprint density at radius 2 is 1.82 bits per heavy atom. The van der Waals surface area contributed by atoms with Gasteiger partial charge in [-0.3, -0.25) is 4.90 Å². The molecule has 0 spiro atoms. The van der Waals surface area contributed by atoms with Crippen LogP contribution in [0.3, 0.4) is 0 Å². The van der Waals surface area contributed by atoms with Crippen LogP contribution in [-0.4, -0.2) is 48.9 Å². The van der Waals surface area contributed by atoms with Crippen molar-refractivity contribution in [3.63, 3.8) is 0 Å². The van der Waals surface area contributed by atoms with Crippen molar-refractivity contribution in [3.8, 4) is 17.2 Å². The second-order valence-corrected chi connectivity index (χ2v) is 10.0. The molecule has 7 nitrogen and oxygen atoms in total. The van der Waals surface area contributed by atoms with Gasteiger partial charge in [-0.2, -0.15) is 0 Å². The van der Waals surface area contributed by atoms with Crippen molar-refractivity contribution in [2.24, 2.45) is 0 Å². The van der Waals surface area contributed by atoms with E-state index in [4.69, 9.17) is 30.5 Å². The summed E-state index contributed by atoms with van der Waals surface area (Å²) in [5, 5.41) is 1.77. The number of H-pyrrole nitrogens is 1. The number of carbonyl (C=O) groups is 1. The molecule has 3 heterocycles. The quantitative estimate of drug-likeness (QED) is 0.305. The van der Waals surface area contributed by atoms with Crippen LogP contribution < -0.4 is 14.2 Å². The highest BCUT2D eigenvalue weighted by Gasteiger charge is 2.36. The molecule has 6 rings (SSSR count). The number of carbonyl (C=O) groups excluding carboxylic acids is 1. The van der Waals surface area contributed by atoms with Gasteiger partial charge in [0.1, 0.15) is 29.9 Å². The lowest BCUT2D eigenvalue weighted by molar-refractivity contribution is 0.0679. The summed E-state index contributed by atoms with van der Waals surface area (Å²) in [5.41, 5.74) is 4.08. The molecular formula is C30H29ClN2O5. The molecule has 0 aliphatic carbocycles. The molecule has 196 valence electrons. The molecule has 0 saturated carbocycles. The number of fused-ring (bicyclic) bond motifs is 3. The average molecular weight is 533 g/mol. The number of hydrogen-bond donors (Lipinski definition) is 1. The number of nitrogens with one attached hydrogen (secondary N) is 1. The fourth-order valence-corrected chi connectivity index (χ4v) is 5.49. The number of amides is 1. The summed E-state index contributed by atoms with van der Waals surface area (Å²) in [6.45, 7) is 1.84. The number of aromatic nitrogens is 1. The molecule has 2 aliphatic rings. The van der Waals surface area contributed by atoms with Crippen molar-refractivity contribution in [1.29, 1.82) is 0 Å². The van der Waals surface area contributed by atoms with E-state index in [-0.39, 0.29) is 12.1 Å². The standard InChI is InChI=1S/C30H29ClN2O5/c1-35-21-9-11-23(12-10-21)38-30(34)33-15-14-25-26-17-20(31)6-13-27(26)32-28(25)29(33)19-4-7-22(8-5-19)37-18-24-3-2-16-36-24/h4-13,17,24,29,32H,2-3,14-16,18H2,1H3. The van der Waals surface area contributed by atoms with E-state index < -0.39 is 6.09 Å². The van der Waals surface area contributed by atoms with Gasteiger partial charge in [0, 0.05) is 34.8 Å². The number of methoxy groups -OCH3 is 1. The highest BCUT2D eigenvalue weighted by molar-refractivity contribution is 6.31. The molecule has 3 aromatic carbocycles. The Morgan fingerprint density at radius 1 is 1.05 bits per heavy atom. The van der Waals surface area contributed by atoms with Crippen molar-refractivity contribution >= 4 is 28.6 Å². The fraction of sp³-hybridized carbons (Fsp3) is 0.300. The minimum atomic E-state index is -0.416. The van der Waals surface area contributed by atoms with Crippen LogP contribution in [-0.2, 0) is 11.2 Å². The lowest BCUT2D eigenvalue weighted by Gasteiger charge is -2.35. The van der Waals surface area contributed by atoms with Gasteiger partial charge in [0.05, 0.1) is 13.2 Å². The van der Waals surface area contributed by atoms with Gasteiger partial charge in [-0.25, -0.2) is 4.79 Å². The Labute approximate surface area is 226 Å². The third kappa shape index (κ3) is 4.91. The summed E-state index contributed by atoms with van der Waals surface area (Å²) in [4.78, 5) is 18.8. The SMILES string of the molecule is COc1ccc(OC(=O)N2CCc3c([nH]c4ccc(Cl)cc34)C2c2ccc(OCC3CCCO3)cc2)cc1. The fourth-order valence-electron chi connectivity index (χ4n) is 5.32. The van der Waals surface area contributed by atoms with E-state index in [1.165, 1.54) is 5.56 Å². The molecule has 38 heavy (non-hydrogen) atoms. The zero-order chi connectivity index (χ0) is 26.1. The summed E-state index contributed by atoms with van der Waals surface area (Å²) in [5.74, 6) is 1.93. The van der Waals surface area contributed by atoms with Crippen molar-refractivity contribution in [2.75, 3.05) is 26.9 Å². The summed E-state index contributed by atoms with van der Waals surface area (Å²) in [6, 6.07) is 20.4. The molecule has 4 aromatic rings. The van der Waals surface area contributed by atoms with Crippen LogP contribution in [0.2, 0.25) is 5.02 Å². The van der Waals surface area contributed by atoms with Crippen LogP contribution in [0.4, 0.5) is 4.79 Å². The van der Waals surface area contributed by atoms with E-state index in [9.17, 15) is 4.79 Å². The number of nitrogens with zero attached hydrogens (tertiary/aromatic N) is 1. The molecule has 8 heteroatoms.